The average Bonchev–Trinajstić information content (AvgIpc) is 2.91. The number of carbonyl (C=O) groups excluding carboxylic acids is 1. The highest BCUT2D eigenvalue weighted by Crippen LogP contribution is 2.18. The van der Waals surface area contributed by atoms with Crippen LogP contribution in [-0.2, 0) is 11.3 Å². The lowest BCUT2D eigenvalue weighted by Gasteiger charge is -2.12. The van der Waals surface area contributed by atoms with Crippen LogP contribution in [0.2, 0.25) is 0 Å². The zero-order valence-electron chi connectivity index (χ0n) is 11.1. The van der Waals surface area contributed by atoms with E-state index in [-0.39, 0.29) is 5.91 Å². The van der Waals surface area contributed by atoms with Crippen LogP contribution in [0.3, 0.4) is 0 Å². The van der Waals surface area contributed by atoms with E-state index in [1.165, 1.54) is 17.4 Å². The second kappa shape index (κ2) is 6.50. The SMILES string of the molecule is CC(=O)Nc1ccc(CNC(C)c2cccs2)cc1. The molecule has 3 nitrogen and oxygen atoms in total. The van der Waals surface area contributed by atoms with Gasteiger partial charge in [-0.1, -0.05) is 18.2 Å². The van der Waals surface area contributed by atoms with Gasteiger partial charge in [0.2, 0.25) is 5.91 Å². The monoisotopic (exact) mass is 274 g/mol. The molecule has 0 aliphatic heterocycles. The quantitative estimate of drug-likeness (QED) is 0.875. The van der Waals surface area contributed by atoms with Gasteiger partial charge in [-0.3, -0.25) is 4.79 Å². The molecule has 0 aliphatic carbocycles. The second-order valence-corrected chi connectivity index (χ2v) is 5.48. The molecule has 2 rings (SSSR count). The predicted molar refractivity (Wildman–Crippen MR) is 80.3 cm³/mol. The van der Waals surface area contributed by atoms with Gasteiger partial charge in [0.25, 0.3) is 0 Å². The minimum atomic E-state index is -0.0443. The van der Waals surface area contributed by atoms with E-state index in [1.54, 1.807) is 11.3 Å². The zero-order valence-corrected chi connectivity index (χ0v) is 12.0. The van der Waals surface area contributed by atoms with E-state index in [4.69, 9.17) is 0 Å². The van der Waals surface area contributed by atoms with Gasteiger partial charge in [-0.25, -0.2) is 0 Å². The number of hydrogen-bond donors (Lipinski definition) is 2. The van der Waals surface area contributed by atoms with Crippen LogP contribution in [0.15, 0.2) is 41.8 Å². The number of nitrogens with one attached hydrogen (secondary N) is 2. The molecule has 2 N–H and O–H groups in total. The molecule has 100 valence electrons. The Morgan fingerprint density at radius 3 is 2.58 bits per heavy atom. The fourth-order valence-corrected chi connectivity index (χ4v) is 2.58. The first-order valence-corrected chi connectivity index (χ1v) is 7.16. The minimum Gasteiger partial charge on any atom is -0.326 e. The van der Waals surface area contributed by atoms with Crippen LogP contribution in [0.25, 0.3) is 0 Å². The van der Waals surface area contributed by atoms with Crippen molar-refractivity contribution in [3.05, 3.63) is 52.2 Å². The highest BCUT2D eigenvalue weighted by molar-refractivity contribution is 7.10. The van der Waals surface area contributed by atoms with Crippen LogP contribution in [-0.4, -0.2) is 5.91 Å². The number of thiophene rings is 1. The first-order chi connectivity index (χ1) is 9.15. The molecule has 1 unspecified atom stereocenters. The van der Waals surface area contributed by atoms with Crippen molar-refractivity contribution in [3.63, 3.8) is 0 Å². The Bertz CT molecular complexity index is 520. The normalized spacial score (nSPS) is 12.1. The summed E-state index contributed by atoms with van der Waals surface area (Å²) in [5.74, 6) is -0.0443. The molecule has 0 radical (unpaired) electrons. The van der Waals surface area contributed by atoms with Gasteiger partial charge in [0.15, 0.2) is 0 Å². The Balaban J connectivity index is 1.88. The fraction of sp³-hybridized carbons (Fsp3) is 0.267. The average molecular weight is 274 g/mol. The summed E-state index contributed by atoms with van der Waals surface area (Å²) in [6.07, 6.45) is 0. The molecule has 0 saturated heterocycles. The van der Waals surface area contributed by atoms with E-state index in [2.05, 4.69) is 35.1 Å². The maximum atomic E-state index is 10.9. The Morgan fingerprint density at radius 1 is 1.26 bits per heavy atom. The molecule has 1 atom stereocenters. The molecule has 19 heavy (non-hydrogen) atoms. The molecule has 0 bridgehead atoms. The van der Waals surface area contributed by atoms with Crippen LogP contribution in [0.5, 0.6) is 0 Å². The van der Waals surface area contributed by atoms with Crippen molar-refractivity contribution < 1.29 is 4.79 Å². The molecule has 0 saturated carbocycles. The molecule has 4 heteroatoms. The summed E-state index contributed by atoms with van der Waals surface area (Å²) < 4.78 is 0. The van der Waals surface area contributed by atoms with Crippen molar-refractivity contribution in [2.45, 2.75) is 26.4 Å². The Kier molecular flexibility index (Phi) is 4.71. The van der Waals surface area contributed by atoms with Gasteiger partial charge in [0.05, 0.1) is 0 Å². The van der Waals surface area contributed by atoms with Crippen molar-refractivity contribution >= 4 is 22.9 Å². The van der Waals surface area contributed by atoms with E-state index < -0.39 is 0 Å². The second-order valence-electron chi connectivity index (χ2n) is 4.50. The largest absolute Gasteiger partial charge is 0.326 e. The predicted octanol–water partition coefficient (Wildman–Crippen LogP) is 3.56. The molecule has 1 aromatic heterocycles. The summed E-state index contributed by atoms with van der Waals surface area (Å²) in [4.78, 5) is 12.3. The molecule has 0 aliphatic rings. The number of carbonyl (C=O) groups is 1. The number of amides is 1. The molecule has 0 fully saturated rings. The van der Waals surface area contributed by atoms with Crippen molar-refractivity contribution in [2.75, 3.05) is 5.32 Å². The third-order valence-corrected chi connectivity index (χ3v) is 3.91. The van der Waals surface area contributed by atoms with Gasteiger partial charge in [-0.05, 0) is 36.1 Å². The lowest BCUT2D eigenvalue weighted by molar-refractivity contribution is -0.114. The standard InChI is InChI=1S/C15H18N2OS/c1-11(15-4-3-9-19-15)16-10-13-5-7-14(8-6-13)17-12(2)18/h3-9,11,16H,10H2,1-2H3,(H,17,18). The third kappa shape index (κ3) is 4.19. The molecule has 1 amide bonds. The maximum absolute atomic E-state index is 10.9. The Hall–Kier alpha value is -1.65. The van der Waals surface area contributed by atoms with Gasteiger partial charge < -0.3 is 10.6 Å². The maximum Gasteiger partial charge on any atom is 0.221 e. The zero-order chi connectivity index (χ0) is 13.7. The van der Waals surface area contributed by atoms with Crippen molar-refractivity contribution in [1.29, 1.82) is 0 Å². The van der Waals surface area contributed by atoms with E-state index in [9.17, 15) is 4.79 Å². The van der Waals surface area contributed by atoms with Gasteiger partial charge in [-0.15, -0.1) is 11.3 Å². The number of anilines is 1. The topological polar surface area (TPSA) is 41.1 Å². The van der Waals surface area contributed by atoms with E-state index in [0.29, 0.717) is 6.04 Å². The number of hydrogen-bond acceptors (Lipinski definition) is 3. The summed E-state index contributed by atoms with van der Waals surface area (Å²) in [5, 5.41) is 8.34. The highest BCUT2D eigenvalue weighted by atomic mass is 32.1. The van der Waals surface area contributed by atoms with Crippen molar-refractivity contribution in [3.8, 4) is 0 Å². The fourth-order valence-electron chi connectivity index (χ4n) is 1.82. The lowest BCUT2D eigenvalue weighted by Crippen LogP contribution is -2.17. The first kappa shape index (κ1) is 13.8. The third-order valence-electron chi connectivity index (χ3n) is 2.86. The van der Waals surface area contributed by atoms with Crippen LogP contribution in [0.1, 0.15) is 30.3 Å². The number of benzene rings is 1. The van der Waals surface area contributed by atoms with E-state index in [1.807, 2.05) is 24.3 Å². The number of rotatable bonds is 5. The summed E-state index contributed by atoms with van der Waals surface area (Å²) in [5.41, 5.74) is 2.04. The molecule has 0 spiro atoms. The van der Waals surface area contributed by atoms with E-state index >= 15 is 0 Å². The molecular formula is C15H18N2OS. The summed E-state index contributed by atoms with van der Waals surface area (Å²) in [6.45, 7) is 4.50. The van der Waals surface area contributed by atoms with Crippen LogP contribution >= 0.6 is 11.3 Å². The summed E-state index contributed by atoms with van der Waals surface area (Å²) in [6, 6.07) is 12.5. The Labute approximate surface area is 117 Å². The summed E-state index contributed by atoms with van der Waals surface area (Å²) >= 11 is 1.77. The molecule has 1 aromatic carbocycles. The van der Waals surface area contributed by atoms with Crippen LogP contribution in [0.4, 0.5) is 5.69 Å². The molecule has 2 aromatic rings. The van der Waals surface area contributed by atoms with Gasteiger partial charge >= 0.3 is 0 Å². The highest BCUT2D eigenvalue weighted by Gasteiger charge is 2.05. The molecule has 1 heterocycles. The first-order valence-electron chi connectivity index (χ1n) is 6.28. The smallest absolute Gasteiger partial charge is 0.221 e. The summed E-state index contributed by atoms with van der Waals surface area (Å²) in [7, 11) is 0. The van der Waals surface area contributed by atoms with Crippen LogP contribution < -0.4 is 10.6 Å². The minimum absolute atomic E-state index is 0.0443. The van der Waals surface area contributed by atoms with Crippen molar-refractivity contribution in [2.24, 2.45) is 0 Å². The van der Waals surface area contributed by atoms with Gasteiger partial charge in [0.1, 0.15) is 0 Å². The van der Waals surface area contributed by atoms with Gasteiger partial charge in [-0.2, -0.15) is 0 Å². The molecular weight excluding hydrogens is 256 g/mol. The van der Waals surface area contributed by atoms with Crippen LogP contribution in [0, 0.1) is 0 Å². The Morgan fingerprint density at radius 2 is 2.00 bits per heavy atom. The van der Waals surface area contributed by atoms with E-state index in [0.717, 1.165) is 12.2 Å². The lowest BCUT2D eigenvalue weighted by atomic mass is 10.2. The van der Waals surface area contributed by atoms with Crippen molar-refractivity contribution in [1.82, 2.24) is 5.32 Å². The van der Waals surface area contributed by atoms with Gasteiger partial charge in [0, 0.05) is 30.1 Å².